The van der Waals surface area contributed by atoms with Crippen molar-refractivity contribution < 1.29 is 9.90 Å². The Balaban J connectivity index is 1.78. The maximum Gasteiger partial charge on any atom is 0.328 e. The van der Waals surface area contributed by atoms with Crippen LogP contribution in [0.1, 0.15) is 29.7 Å². The van der Waals surface area contributed by atoms with Gasteiger partial charge in [-0.1, -0.05) is 59.1 Å². The van der Waals surface area contributed by atoms with Gasteiger partial charge in [-0.05, 0) is 77.9 Å². The minimum Gasteiger partial charge on any atom is -0.478 e. The molecular formula is C26H21Cl2NO2. The van der Waals surface area contributed by atoms with Crippen LogP contribution >= 0.6 is 23.2 Å². The van der Waals surface area contributed by atoms with Crippen molar-refractivity contribution >= 4 is 40.1 Å². The van der Waals surface area contributed by atoms with Crippen LogP contribution in [-0.2, 0) is 11.2 Å². The molecule has 1 aromatic heterocycles. The van der Waals surface area contributed by atoms with E-state index in [1.807, 2.05) is 55.5 Å². The van der Waals surface area contributed by atoms with Gasteiger partial charge in [0.25, 0.3) is 0 Å². The molecule has 0 radical (unpaired) electrons. The maximum atomic E-state index is 10.9. The Morgan fingerprint density at radius 1 is 0.935 bits per heavy atom. The molecule has 0 aliphatic rings. The SMILES string of the molecule is CC(=CC(=O)O)Cc1ccc2c(ccn2C(c2ccc(Cl)cc2)c2ccc(Cl)cc2)c1. The molecule has 0 amide bonds. The molecule has 0 aliphatic heterocycles. The lowest BCUT2D eigenvalue weighted by Crippen LogP contribution is -2.11. The van der Waals surface area contributed by atoms with Crippen molar-refractivity contribution in [2.45, 2.75) is 19.4 Å². The first-order valence-corrected chi connectivity index (χ1v) is 10.7. The highest BCUT2D eigenvalue weighted by Crippen LogP contribution is 2.32. The van der Waals surface area contributed by atoms with Gasteiger partial charge in [-0.15, -0.1) is 0 Å². The van der Waals surface area contributed by atoms with Crippen molar-refractivity contribution in [1.29, 1.82) is 0 Å². The van der Waals surface area contributed by atoms with Crippen LogP contribution in [-0.4, -0.2) is 15.6 Å². The van der Waals surface area contributed by atoms with Gasteiger partial charge >= 0.3 is 5.97 Å². The summed E-state index contributed by atoms with van der Waals surface area (Å²) in [6.07, 6.45) is 3.94. The molecule has 3 aromatic carbocycles. The van der Waals surface area contributed by atoms with Crippen LogP contribution in [0, 0.1) is 0 Å². The summed E-state index contributed by atoms with van der Waals surface area (Å²) in [6, 6.07) is 24.1. The van der Waals surface area contributed by atoms with Gasteiger partial charge in [0.05, 0.1) is 6.04 Å². The van der Waals surface area contributed by atoms with E-state index in [4.69, 9.17) is 28.3 Å². The van der Waals surface area contributed by atoms with Crippen molar-refractivity contribution in [2.24, 2.45) is 0 Å². The molecule has 0 fully saturated rings. The monoisotopic (exact) mass is 449 g/mol. The molecule has 0 saturated carbocycles. The van der Waals surface area contributed by atoms with Crippen LogP contribution in [0.15, 0.2) is 90.6 Å². The summed E-state index contributed by atoms with van der Waals surface area (Å²) >= 11 is 12.3. The van der Waals surface area contributed by atoms with E-state index >= 15 is 0 Å². The fraction of sp³-hybridized carbons (Fsp3) is 0.115. The molecule has 1 heterocycles. The van der Waals surface area contributed by atoms with Gasteiger partial charge in [0.15, 0.2) is 0 Å². The number of allylic oxidation sites excluding steroid dienone is 1. The van der Waals surface area contributed by atoms with Gasteiger partial charge in [0.2, 0.25) is 0 Å². The van der Waals surface area contributed by atoms with Gasteiger partial charge in [-0.3, -0.25) is 0 Å². The molecule has 156 valence electrons. The number of rotatable bonds is 6. The van der Waals surface area contributed by atoms with Crippen molar-refractivity contribution in [3.63, 3.8) is 0 Å². The fourth-order valence-electron chi connectivity index (χ4n) is 3.94. The molecule has 0 bridgehead atoms. The molecule has 1 N–H and O–H groups in total. The van der Waals surface area contributed by atoms with Crippen LogP contribution in [0.25, 0.3) is 10.9 Å². The first-order valence-electron chi connectivity index (χ1n) is 9.91. The first-order chi connectivity index (χ1) is 14.9. The average Bonchev–Trinajstić information content (AvgIpc) is 3.13. The third-order valence-corrected chi connectivity index (χ3v) is 5.79. The van der Waals surface area contributed by atoms with E-state index in [0.29, 0.717) is 16.5 Å². The number of carboxylic acid groups (broad SMARTS) is 1. The zero-order valence-electron chi connectivity index (χ0n) is 16.9. The summed E-state index contributed by atoms with van der Waals surface area (Å²) in [4.78, 5) is 10.9. The minimum atomic E-state index is -0.918. The molecule has 0 atom stereocenters. The van der Waals surface area contributed by atoms with Gasteiger partial charge in [0.1, 0.15) is 0 Å². The molecule has 5 heteroatoms. The zero-order valence-corrected chi connectivity index (χ0v) is 18.4. The second-order valence-electron chi connectivity index (χ2n) is 7.63. The number of carboxylic acids is 1. The summed E-state index contributed by atoms with van der Waals surface area (Å²) in [5.74, 6) is -0.918. The third kappa shape index (κ3) is 4.84. The number of nitrogens with zero attached hydrogens (tertiary/aromatic N) is 1. The van der Waals surface area contributed by atoms with Crippen molar-refractivity contribution in [3.8, 4) is 0 Å². The van der Waals surface area contributed by atoms with Gasteiger partial charge in [0, 0.05) is 27.8 Å². The Bertz CT molecular complexity index is 1210. The Morgan fingerprint density at radius 3 is 2.06 bits per heavy atom. The van der Waals surface area contributed by atoms with E-state index in [1.54, 1.807) is 0 Å². The topological polar surface area (TPSA) is 42.2 Å². The van der Waals surface area contributed by atoms with Crippen LogP contribution in [0.5, 0.6) is 0 Å². The second-order valence-corrected chi connectivity index (χ2v) is 8.50. The molecule has 4 rings (SSSR count). The van der Waals surface area contributed by atoms with E-state index in [1.165, 1.54) is 6.08 Å². The largest absolute Gasteiger partial charge is 0.478 e. The van der Waals surface area contributed by atoms with E-state index in [2.05, 4.69) is 35.0 Å². The lowest BCUT2D eigenvalue weighted by molar-refractivity contribution is -0.131. The van der Waals surface area contributed by atoms with Crippen LogP contribution in [0.2, 0.25) is 10.0 Å². The van der Waals surface area contributed by atoms with E-state index in [9.17, 15) is 4.79 Å². The number of aromatic nitrogens is 1. The summed E-state index contributed by atoms with van der Waals surface area (Å²) in [6.45, 7) is 1.83. The number of benzene rings is 3. The van der Waals surface area contributed by atoms with Crippen LogP contribution in [0.3, 0.4) is 0 Å². The zero-order chi connectivity index (χ0) is 22.0. The van der Waals surface area contributed by atoms with Gasteiger partial charge in [-0.2, -0.15) is 0 Å². The second kappa shape index (κ2) is 9.01. The first kappa shape index (κ1) is 21.2. The quantitative estimate of drug-likeness (QED) is 0.317. The average molecular weight is 450 g/mol. The predicted octanol–water partition coefficient (Wildman–Crippen LogP) is 7.16. The Morgan fingerprint density at radius 2 is 1.52 bits per heavy atom. The van der Waals surface area contributed by atoms with E-state index in [-0.39, 0.29) is 6.04 Å². The fourth-order valence-corrected chi connectivity index (χ4v) is 4.19. The van der Waals surface area contributed by atoms with Crippen molar-refractivity contribution in [3.05, 3.63) is 117 Å². The minimum absolute atomic E-state index is 0.0356. The molecule has 0 unspecified atom stereocenters. The smallest absolute Gasteiger partial charge is 0.328 e. The number of aliphatic carboxylic acids is 1. The Labute approximate surface area is 191 Å². The number of fused-ring (bicyclic) bond motifs is 1. The van der Waals surface area contributed by atoms with Crippen LogP contribution < -0.4 is 0 Å². The summed E-state index contributed by atoms with van der Waals surface area (Å²) < 4.78 is 2.24. The Kier molecular flexibility index (Phi) is 6.17. The highest BCUT2D eigenvalue weighted by molar-refractivity contribution is 6.30. The Hall–Kier alpha value is -3.01. The third-order valence-electron chi connectivity index (χ3n) is 5.29. The molecule has 4 aromatic rings. The standard InChI is InChI=1S/C26H21Cl2NO2/c1-17(15-25(30)31)14-18-2-11-24-21(16-18)12-13-29(24)26(19-3-7-22(27)8-4-19)20-5-9-23(28)10-6-20/h2-13,15-16,26H,14H2,1H3,(H,30,31). The lowest BCUT2D eigenvalue weighted by Gasteiger charge is -2.22. The van der Waals surface area contributed by atoms with Crippen molar-refractivity contribution in [2.75, 3.05) is 0 Å². The number of carbonyl (C=O) groups is 1. The molecule has 3 nitrogen and oxygen atoms in total. The van der Waals surface area contributed by atoms with Crippen molar-refractivity contribution in [1.82, 2.24) is 4.57 Å². The maximum absolute atomic E-state index is 10.9. The summed E-state index contributed by atoms with van der Waals surface area (Å²) in [7, 11) is 0. The van der Waals surface area contributed by atoms with Gasteiger partial charge in [-0.25, -0.2) is 4.79 Å². The predicted molar refractivity (Wildman–Crippen MR) is 127 cm³/mol. The van der Waals surface area contributed by atoms with Gasteiger partial charge < -0.3 is 9.67 Å². The van der Waals surface area contributed by atoms with Crippen LogP contribution in [0.4, 0.5) is 0 Å². The van der Waals surface area contributed by atoms with E-state index in [0.717, 1.165) is 33.2 Å². The highest BCUT2D eigenvalue weighted by atomic mass is 35.5. The summed E-state index contributed by atoms with van der Waals surface area (Å²) in [5.41, 5.74) is 5.22. The normalized spacial score (nSPS) is 11.9. The number of hydrogen-bond donors (Lipinski definition) is 1. The highest BCUT2D eigenvalue weighted by Gasteiger charge is 2.18. The summed E-state index contributed by atoms with van der Waals surface area (Å²) in [5, 5.41) is 11.5. The lowest BCUT2D eigenvalue weighted by atomic mass is 9.98. The number of halogens is 2. The number of hydrogen-bond acceptors (Lipinski definition) is 1. The molecule has 0 aliphatic carbocycles. The molecule has 0 saturated heterocycles. The van der Waals surface area contributed by atoms with E-state index < -0.39 is 5.97 Å². The molecule has 31 heavy (non-hydrogen) atoms. The molecular weight excluding hydrogens is 429 g/mol. The molecule has 0 spiro atoms.